The first-order chi connectivity index (χ1) is 14.9. The molecule has 11 heteroatoms. The molecule has 1 heterocycles. The highest BCUT2D eigenvalue weighted by Crippen LogP contribution is 2.37. The van der Waals surface area contributed by atoms with Crippen LogP contribution in [0.25, 0.3) is 0 Å². The van der Waals surface area contributed by atoms with Crippen LogP contribution < -0.4 is 5.32 Å². The monoisotopic (exact) mass is 498 g/mol. The van der Waals surface area contributed by atoms with E-state index < -0.39 is 47.7 Å². The number of nitrogens with one attached hydrogen (secondary N) is 1. The van der Waals surface area contributed by atoms with Gasteiger partial charge in [0.05, 0.1) is 11.1 Å². The average Bonchev–Trinajstić information content (AvgIpc) is 2.72. The van der Waals surface area contributed by atoms with E-state index >= 15 is 0 Å². The van der Waals surface area contributed by atoms with Gasteiger partial charge in [-0.15, -0.1) is 12.4 Å². The van der Waals surface area contributed by atoms with Gasteiger partial charge < -0.3 is 10.2 Å². The number of benzene rings is 2. The molecule has 0 aromatic heterocycles. The van der Waals surface area contributed by atoms with Gasteiger partial charge in [0.2, 0.25) is 5.91 Å². The Labute approximate surface area is 192 Å². The minimum atomic E-state index is -4.96. The first-order valence-electron chi connectivity index (χ1n) is 9.86. The minimum absolute atomic E-state index is 0. The van der Waals surface area contributed by atoms with E-state index in [1.165, 1.54) is 19.2 Å². The highest BCUT2D eigenvalue weighted by atomic mass is 35.5. The van der Waals surface area contributed by atoms with Crippen molar-refractivity contribution in [2.24, 2.45) is 5.92 Å². The lowest BCUT2D eigenvalue weighted by Crippen LogP contribution is -2.43. The molecule has 0 bridgehead atoms. The Hall–Kier alpha value is -2.33. The van der Waals surface area contributed by atoms with Crippen molar-refractivity contribution < 1.29 is 35.5 Å². The van der Waals surface area contributed by atoms with Gasteiger partial charge in [-0.3, -0.25) is 4.79 Å². The number of rotatable bonds is 4. The maximum atomic E-state index is 13.3. The van der Waals surface area contributed by atoms with Gasteiger partial charge in [-0.2, -0.15) is 26.3 Å². The fraction of sp³-hybridized carbons (Fsp3) is 0.409. The number of amides is 1. The molecule has 0 aliphatic carbocycles. The summed E-state index contributed by atoms with van der Waals surface area (Å²) in [4.78, 5) is 14.2. The van der Waals surface area contributed by atoms with E-state index in [0.717, 1.165) is 10.5 Å². The molecule has 33 heavy (non-hydrogen) atoms. The van der Waals surface area contributed by atoms with E-state index in [0.29, 0.717) is 31.6 Å². The highest BCUT2D eigenvalue weighted by Gasteiger charge is 2.38. The average molecular weight is 499 g/mol. The molecule has 0 saturated carbocycles. The fourth-order valence-corrected chi connectivity index (χ4v) is 3.96. The normalized spacial score (nSPS) is 19.0. The standard InChI is InChI=1S/C22H21F7N2O.ClH/c1-31(12-13-8-15(21(24,25)26)10-16(9-13)22(27,28)29)20(32)18-6-7-30-11-19(18)14-2-4-17(23)5-3-14;/h2-5,8-10,18-19,30H,6-7,11-12H2,1H3;1H. The summed E-state index contributed by atoms with van der Waals surface area (Å²) in [5.74, 6) is -1.67. The summed E-state index contributed by atoms with van der Waals surface area (Å²) in [6.45, 7) is 0.563. The summed E-state index contributed by atoms with van der Waals surface area (Å²) < 4.78 is 91.9. The lowest BCUT2D eigenvalue weighted by Gasteiger charge is -2.34. The number of carbonyl (C=O) groups is 1. The van der Waals surface area contributed by atoms with Gasteiger partial charge in [0.1, 0.15) is 5.82 Å². The third-order valence-corrected chi connectivity index (χ3v) is 5.54. The van der Waals surface area contributed by atoms with Gasteiger partial charge in [-0.25, -0.2) is 4.39 Å². The molecular weight excluding hydrogens is 477 g/mol. The van der Waals surface area contributed by atoms with Crippen molar-refractivity contribution in [3.8, 4) is 0 Å². The first kappa shape index (κ1) is 26.9. The van der Waals surface area contributed by atoms with E-state index in [9.17, 15) is 35.5 Å². The zero-order chi connectivity index (χ0) is 23.7. The fourth-order valence-electron chi connectivity index (χ4n) is 3.96. The Morgan fingerprint density at radius 2 is 1.55 bits per heavy atom. The molecule has 182 valence electrons. The smallest absolute Gasteiger partial charge is 0.341 e. The zero-order valence-corrected chi connectivity index (χ0v) is 18.3. The molecular formula is C22H22ClF7N2O. The molecule has 0 radical (unpaired) electrons. The molecule has 2 aromatic rings. The molecule has 0 spiro atoms. The van der Waals surface area contributed by atoms with Crippen LogP contribution >= 0.6 is 12.4 Å². The van der Waals surface area contributed by atoms with Crippen LogP contribution in [0.4, 0.5) is 30.7 Å². The third kappa shape index (κ3) is 6.60. The van der Waals surface area contributed by atoms with Gasteiger partial charge in [0.15, 0.2) is 0 Å². The summed E-state index contributed by atoms with van der Waals surface area (Å²) in [7, 11) is 1.35. The van der Waals surface area contributed by atoms with Gasteiger partial charge >= 0.3 is 12.4 Å². The van der Waals surface area contributed by atoms with Crippen molar-refractivity contribution in [3.63, 3.8) is 0 Å². The number of piperidine rings is 1. The van der Waals surface area contributed by atoms with Crippen LogP contribution in [-0.2, 0) is 23.7 Å². The van der Waals surface area contributed by atoms with E-state index in [1.54, 1.807) is 12.1 Å². The molecule has 1 amide bonds. The molecule has 3 nitrogen and oxygen atoms in total. The third-order valence-electron chi connectivity index (χ3n) is 5.54. The number of hydrogen-bond acceptors (Lipinski definition) is 2. The Kier molecular flexibility index (Phi) is 8.40. The maximum absolute atomic E-state index is 13.3. The van der Waals surface area contributed by atoms with Crippen molar-refractivity contribution in [3.05, 3.63) is 70.5 Å². The number of carbonyl (C=O) groups excluding carboxylic acids is 1. The molecule has 3 rings (SSSR count). The summed E-state index contributed by atoms with van der Waals surface area (Å²) in [5.41, 5.74) is -2.39. The lowest BCUT2D eigenvalue weighted by atomic mass is 9.80. The number of halogens is 8. The zero-order valence-electron chi connectivity index (χ0n) is 17.4. The molecule has 1 N–H and O–H groups in total. The molecule has 2 aromatic carbocycles. The summed E-state index contributed by atoms with van der Waals surface area (Å²) in [6.07, 6.45) is -9.48. The predicted octanol–water partition coefficient (Wildman–Crippen LogP) is 5.64. The topological polar surface area (TPSA) is 32.3 Å². The van der Waals surface area contributed by atoms with E-state index in [4.69, 9.17) is 0 Å². The number of nitrogens with zero attached hydrogens (tertiary/aromatic N) is 1. The SMILES string of the molecule is CN(Cc1cc(C(F)(F)F)cc(C(F)(F)F)c1)C(=O)C1CCNCC1c1ccc(F)cc1.Cl. The summed E-state index contributed by atoms with van der Waals surface area (Å²) in [6, 6.07) is 6.98. The summed E-state index contributed by atoms with van der Waals surface area (Å²) >= 11 is 0. The Morgan fingerprint density at radius 1 is 1.00 bits per heavy atom. The maximum Gasteiger partial charge on any atom is 0.416 e. The number of hydrogen-bond donors (Lipinski definition) is 1. The number of alkyl halides is 6. The first-order valence-corrected chi connectivity index (χ1v) is 9.86. The molecule has 1 aliphatic rings. The highest BCUT2D eigenvalue weighted by molar-refractivity contribution is 5.85. The van der Waals surface area contributed by atoms with Crippen LogP contribution in [0.2, 0.25) is 0 Å². The van der Waals surface area contributed by atoms with Gasteiger partial charge in [0.25, 0.3) is 0 Å². The van der Waals surface area contributed by atoms with E-state index in [-0.39, 0.29) is 30.0 Å². The Bertz CT molecular complexity index is 928. The predicted molar refractivity (Wildman–Crippen MR) is 110 cm³/mol. The van der Waals surface area contributed by atoms with Gasteiger partial charge in [-0.1, -0.05) is 12.1 Å². The van der Waals surface area contributed by atoms with Crippen LogP contribution in [0.5, 0.6) is 0 Å². The molecule has 1 saturated heterocycles. The lowest BCUT2D eigenvalue weighted by molar-refractivity contribution is -0.143. The molecule has 2 atom stereocenters. The van der Waals surface area contributed by atoms with Crippen molar-refractivity contribution in [1.82, 2.24) is 10.2 Å². The largest absolute Gasteiger partial charge is 0.416 e. The quantitative estimate of drug-likeness (QED) is 0.554. The van der Waals surface area contributed by atoms with Crippen molar-refractivity contribution in [2.45, 2.75) is 31.2 Å². The van der Waals surface area contributed by atoms with E-state index in [1.807, 2.05) is 0 Å². The molecule has 1 fully saturated rings. The Morgan fingerprint density at radius 3 is 2.06 bits per heavy atom. The van der Waals surface area contributed by atoms with Crippen LogP contribution in [-0.4, -0.2) is 30.9 Å². The van der Waals surface area contributed by atoms with Crippen molar-refractivity contribution in [2.75, 3.05) is 20.1 Å². The Balaban J connectivity index is 0.00000385. The second-order valence-electron chi connectivity index (χ2n) is 7.87. The van der Waals surface area contributed by atoms with Crippen LogP contribution in [0.1, 0.15) is 34.6 Å². The second-order valence-corrected chi connectivity index (χ2v) is 7.87. The van der Waals surface area contributed by atoms with E-state index in [2.05, 4.69) is 5.32 Å². The van der Waals surface area contributed by atoms with Gasteiger partial charge in [-0.05, 0) is 54.4 Å². The van der Waals surface area contributed by atoms with Crippen LogP contribution in [0.15, 0.2) is 42.5 Å². The second kappa shape index (κ2) is 10.3. The minimum Gasteiger partial charge on any atom is -0.341 e. The molecule has 2 unspecified atom stereocenters. The van der Waals surface area contributed by atoms with Crippen LogP contribution in [0.3, 0.4) is 0 Å². The van der Waals surface area contributed by atoms with Crippen LogP contribution in [0, 0.1) is 11.7 Å². The van der Waals surface area contributed by atoms with Crippen molar-refractivity contribution in [1.29, 1.82) is 0 Å². The molecule has 1 aliphatic heterocycles. The van der Waals surface area contributed by atoms with Crippen molar-refractivity contribution >= 4 is 18.3 Å². The summed E-state index contributed by atoms with van der Waals surface area (Å²) in [5, 5.41) is 3.16. The van der Waals surface area contributed by atoms with Gasteiger partial charge in [0, 0.05) is 32.0 Å².